The fourth-order valence-corrected chi connectivity index (χ4v) is 1.28. The zero-order valence-corrected chi connectivity index (χ0v) is 8.90. The van der Waals surface area contributed by atoms with Gasteiger partial charge in [0.25, 0.3) is 0 Å². The number of primary amides is 1. The summed E-state index contributed by atoms with van der Waals surface area (Å²) in [6.07, 6.45) is 0. The summed E-state index contributed by atoms with van der Waals surface area (Å²) >= 11 is 0. The van der Waals surface area contributed by atoms with Crippen LogP contribution in [0, 0.1) is 5.82 Å². The molecule has 1 rings (SSSR count). The topological polar surface area (TPSA) is 46.3 Å². The maximum atomic E-state index is 12.9. The SMILES string of the molecule is CC(C(N)=O)N(C)Cc1cccc(F)c1. The summed E-state index contributed by atoms with van der Waals surface area (Å²) in [5, 5.41) is 0. The van der Waals surface area contributed by atoms with E-state index in [4.69, 9.17) is 5.73 Å². The summed E-state index contributed by atoms with van der Waals surface area (Å²) < 4.78 is 12.9. The molecule has 4 heteroatoms. The largest absolute Gasteiger partial charge is 0.368 e. The van der Waals surface area contributed by atoms with Crippen molar-refractivity contribution in [2.45, 2.75) is 19.5 Å². The third-order valence-electron chi connectivity index (χ3n) is 2.39. The van der Waals surface area contributed by atoms with Crippen LogP contribution in [0.1, 0.15) is 12.5 Å². The molecular weight excluding hydrogens is 195 g/mol. The highest BCUT2D eigenvalue weighted by Crippen LogP contribution is 2.08. The number of nitrogens with two attached hydrogens (primary N) is 1. The minimum absolute atomic E-state index is 0.271. The highest BCUT2D eigenvalue weighted by Gasteiger charge is 2.14. The number of likely N-dealkylation sites (N-methyl/N-ethyl adjacent to an activating group) is 1. The van der Waals surface area contributed by atoms with Gasteiger partial charge in [0.1, 0.15) is 5.82 Å². The van der Waals surface area contributed by atoms with Gasteiger partial charge in [0, 0.05) is 6.54 Å². The smallest absolute Gasteiger partial charge is 0.234 e. The van der Waals surface area contributed by atoms with Crippen LogP contribution in [0.15, 0.2) is 24.3 Å². The molecular formula is C11H15FN2O. The standard InChI is InChI=1S/C11H15FN2O/c1-8(11(13)15)14(2)7-9-4-3-5-10(12)6-9/h3-6,8H,7H2,1-2H3,(H2,13,15). The number of rotatable bonds is 4. The van der Waals surface area contributed by atoms with Gasteiger partial charge >= 0.3 is 0 Å². The Kier molecular flexibility index (Phi) is 3.80. The first kappa shape index (κ1) is 11.7. The van der Waals surface area contributed by atoms with E-state index in [0.29, 0.717) is 6.54 Å². The number of carbonyl (C=O) groups is 1. The first-order valence-electron chi connectivity index (χ1n) is 4.74. The van der Waals surface area contributed by atoms with Crippen LogP contribution in [0.5, 0.6) is 0 Å². The first-order valence-corrected chi connectivity index (χ1v) is 4.74. The van der Waals surface area contributed by atoms with Crippen LogP contribution in [-0.4, -0.2) is 23.9 Å². The van der Waals surface area contributed by atoms with Gasteiger partial charge in [-0.3, -0.25) is 9.69 Å². The predicted octanol–water partition coefficient (Wildman–Crippen LogP) is 1.13. The zero-order valence-electron chi connectivity index (χ0n) is 8.90. The number of benzene rings is 1. The number of carbonyl (C=O) groups excluding carboxylic acids is 1. The number of nitrogens with zero attached hydrogens (tertiary/aromatic N) is 1. The van der Waals surface area contributed by atoms with E-state index in [0.717, 1.165) is 5.56 Å². The number of hydrogen-bond acceptors (Lipinski definition) is 2. The van der Waals surface area contributed by atoms with Crippen molar-refractivity contribution < 1.29 is 9.18 Å². The van der Waals surface area contributed by atoms with Crippen LogP contribution in [0.25, 0.3) is 0 Å². The Morgan fingerprint density at radius 3 is 2.80 bits per heavy atom. The van der Waals surface area contributed by atoms with Gasteiger partial charge in [-0.05, 0) is 31.7 Å². The molecule has 1 aromatic rings. The van der Waals surface area contributed by atoms with Crippen LogP contribution < -0.4 is 5.73 Å². The third-order valence-corrected chi connectivity index (χ3v) is 2.39. The molecule has 0 aliphatic carbocycles. The minimum Gasteiger partial charge on any atom is -0.368 e. The van der Waals surface area contributed by atoms with E-state index in [1.54, 1.807) is 24.9 Å². The second-order valence-corrected chi connectivity index (χ2v) is 3.62. The van der Waals surface area contributed by atoms with E-state index >= 15 is 0 Å². The molecule has 15 heavy (non-hydrogen) atoms. The van der Waals surface area contributed by atoms with Crippen LogP contribution in [-0.2, 0) is 11.3 Å². The second-order valence-electron chi connectivity index (χ2n) is 3.62. The quantitative estimate of drug-likeness (QED) is 0.809. The van der Waals surface area contributed by atoms with E-state index < -0.39 is 0 Å². The van der Waals surface area contributed by atoms with E-state index in [2.05, 4.69) is 0 Å². The van der Waals surface area contributed by atoms with Gasteiger partial charge in [0.05, 0.1) is 6.04 Å². The van der Waals surface area contributed by atoms with Crippen molar-refractivity contribution in [3.63, 3.8) is 0 Å². The van der Waals surface area contributed by atoms with E-state index in [1.807, 2.05) is 6.07 Å². The van der Waals surface area contributed by atoms with E-state index in [-0.39, 0.29) is 17.8 Å². The van der Waals surface area contributed by atoms with Crippen LogP contribution in [0.3, 0.4) is 0 Å². The number of halogens is 1. The van der Waals surface area contributed by atoms with Gasteiger partial charge < -0.3 is 5.73 Å². The maximum absolute atomic E-state index is 12.9. The molecule has 0 heterocycles. The molecule has 2 N–H and O–H groups in total. The second kappa shape index (κ2) is 4.89. The van der Waals surface area contributed by atoms with Gasteiger partial charge in [-0.1, -0.05) is 12.1 Å². The summed E-state index contributed by atoms with van der Waals surface area (Å²) in [5.74, 6) is -0.651. The Morgan fingerprint density at radius 2 is 2.27 bits per heavy atom. The van der Waals surface area contributed by atoms with Gasteiger partial charge in [0.15, 0.2) is 0 Å². The minimum atomic E-state index is -0.381. The summed E-state index contributed by atoms with van der Waals surface area (Å²) in [6.45, 7) is 2.23. The first-order chi connectivity index (χ1) is 7.00. The lowest BCUT2D eigenvalue weighted by atomic mass is 10.2. The van der Waals surface area contributed by atoms with Crippen molar-refractivity contribution >= 4 is 5.91 Å². The van der Waals surface area contributed by atoms with Crippen molar-refractivity contribution in [2.75, 3.05) is 7.05 Å². The van der Waals surface area contributed by atoms with Crippen LogP contribution in [0.4, 0.5) is 4.39 Å². The molecule has 1 amide bonds. The molecule has 0 aliphatic rings. The Hall–Kier alpha value is -1.42. The van der Waals surface area contributed by atoms with Crippen molar-refractivity contribution in [2.24, 2.45) is 5.73 Å². The van der Waals surface area contributed by atoms with Crippen molar-refractivity contribution in [3.05, 3.63) is 35.6 Å². The molecule has 0 saturated carbocycles. The zero-order chi connectivity index (χ0) is 11.4. The van der Waals surface area contributed by atoms with Gasteiger partial charge in [-0.15, -0.1) is 0 Å². The van der Waals surface area contributed by atoms with Crippen molar-refractivity contribution in [3.8, 4) is 0 Å². The molecule has 3 nitrogen and oxygen atoms in total. The molecule has 82 valence electrons. The summed E-state index contributed by atoms with van der Waals surface area (Å²) in [7, 11) is 1.78. The highest BCUT2D eigenvalue weighted by atomic mass is 19.1. The molecule has 1 atom stereocenters. The van der Waals surface area contributed by atoms with E-state index in [9.17, 15) is 9.18 Å². The van der Waals surface area contributed by atoms with Gasteiger partial charge in [0.2, 0.25) is 5.91 Å². The van der Waals surface area contributed by atoms with Crippen LogP contribution >= 0.6 is 0 Å². The Bertz CT molecular complexity index is 354. The monoisotopic (exact) mass is 210 g/mol. The average Bonchev–Trinajstić information content (AvgIpc) is 2.16. The summed E-state index contributed by atoms with van der Waals surface area (Å²) in [5.41, 5.74) is 5.99. The fraction of sp³-hybridized carbons (Fsp3) is 0.364. The summed E-state index contributed by atoms with van der Waals surface area (Å²) in [6, 6.07) is 5.94. The molecule has 0 spiro atoms. The Balaban J connectivity index is 2.66. The van der Waals surface area contributed by atoms with E-state index in [1.165, 1.54) is 12.1 Å². The predicted molar refractivity (Wildman–Crippen MR) is 56.5 cm³/mol. The molecule has 1 aromatic carbocycles. The molecule has 1 unspecified atom stereocenters. The third kappa shape index (κ3) is 3.32. The van der Waals surface area contributed by atoms with Crippen molar-refractivity contribution in [1.82, 2.24) is 4.90 Å². The summed E-state index contributed by atoms with van der Waals surface area (Å²) in [4.78, 5) is 12.7. The number of amides is 1. The normalized spacial score (nSPS) is 12.8. The van der Waals surface area contributed by atoms with Crippen molar-refractivity contribution in [1.29, 1.82) is 0 Å². The van der Waals surface area contributed by atoms with Gasteiger partial charge in [-0.25, -0.2) is 4.39 Å². The molecule has 0 aliphatic heterocycles. The lowest BCUT2D eigenvalue weighted by molar-refractivity contribution is -0.122. The van der Waals surface area contributed by atoms with Crippen LogP contribution in [0.2, 0.25) is 0 Å². The Labute approximate surface area is 88.7 Å². The molecule has 0 aromatic heterocycles. The molecule has 0 bridgehead atoms. The molecule has 0 fully saturated rings. The maximum Gasteiger partial charge on any atom is 0.234 e. The number of hydrogen-bond donors (Lipinski definition) is 1. The molecule has 0 saturated heterocycles. The Morgan fingerprint density at radius 1 is 1.60 bits per heavy atom. The van der Waals surface area contributed by atoms with Gasteiger partial charge in [-0.2, -0.15) is 0 Å². The average molecular weight is 210 g/mol. The lowest BCUT2D eigenvalue weighted by Crippen LogP contribution is -2.39. The lowest BCUT2D eigenvalue weighted by Gasteiger charge is -2.21. The molecule has 0 radical (unpaired) electrons. The fourth-order valence-electron chi connectivity index (χ4n) is 1.28. The highest BCUT2D eigenvalue weighted by molar-refractivity contribution is 5.79.